The number of H-pyrrole nitrogens is 1. The highest BCUT2D eigenvalue weighted by Gasteiger charge is 2.45. The first-order valence-corrected chi connectivity index (χ1v) is 14.3. The molecule has 6 heterocycles. The Labute approximate surface area is 247 Å². The smallest absolute Gasteiger partial charge is 0.291 e. The van der Waals surface area contributed by atoms with Crippen molar-refractivity contribution in [3.8, 4) is 28.1 Å². The minimum Gasteiger partial charge on any atom is -0.496 e. The van der Waals surface area contributed by atoms with Gasteiger partial charge in [-0.2, -0.15) is 14.7 Å². The molecule has 1 amide bonds. The number of aryl methyl sites for hydroxylation is 1. The van der Waals surface area contributed by atoms with Gasteiger partial charge in [-0.25, -0.2) is 9.97 Å². The van der Waals surface area contributed by atoms with E-state index in [2.05, 4.69) is 20.3 Å². The second-order valence-corrected chi connectivity index (χ2v) is 11.3. The van der Waals surface area contributed by atoms with Gasteiger partial charge in [0, 0.05) is 40.9 Å². The summed E-state index contributed by atoms with van der Waals surface area (Å²) in [5, 5.41) is 11.0. The van der Waals surface area contributed by atoms with E-state index in [-0.39, 0.29) is 41.3 Å². The van der Waals surface area contributed by atoms with Crippen molar-refractivity contribution in [2.75, 3.05) is 12.8 Å². The highest BCUT2D eigenvalue weighted by atomic mass is 16.5. The zero-order chi connectivity index (χ0) is 29.8. The standard InChI is InChI=1S/C31H31N9O3/c1-16-10-18(5-9-25(16)43-3)24-8-4-19(13-33-24)23-14-36-40-28(32)26(17(2)41)27(37-30(23)40)20-11-21-6-7-22(12-20)39(21)31(42)29-34-15-35-38-29/h4-5,8-10,13-15,20-22H,6-7,11-12,32H2,1-3H3,(H,34,35,38)/t20?,21-,22+. The van der Waals surface area contributed by atoms with Gasteiger partial charge in [0.05, 0.1) is 30.3 Å². The number of carbonyl (C=O) groups is 2. The third-order valence-corrected chi connectivity index (χ3v) is 8.80. The van der Waals surface area contributed by atoms with Crippen molar-refractivity contribution in [3.05, 3.63) is 71.7 Å². The normalized spacial score (nSPS) is 19.6. The van der Waals surface area contributed by atoms with Gasteiger partial charge < -0.3 is 15.4 Å². The molecule has 0 aliphatic carbocycles. The van der Waals surface area contributed by atoms with E-state index in [0.29, 0.717) is 29.7 Å². The quantitative estimate of drug-likeness (QED) is 0.282. The van der Waals surface area contributed by atoms with Crippen LogP contribution in [0, 0.1) is 6.92 Å². The van der Waals surface area contributed by atoms with Gasteiger partial charge in [-0.3, -0.25) is 19.7 Å². The number of anilines is 1. The van der Waals surface area contributed by atoms with Crippen molar-refractivity contribution in [1.82, 2.24) is 39.7 Å². The zero-order valence-electron chi connectivity index (χ0n) is 24.1. The van der Waals surface area contributed by atoms with Gasteiger partial charge in [0.2, 0.25) is 5.82 Å². The molecule has 5 aromatic rings. The Kier molecular flexibility index (Phi) is 6.41. The van der Waals surface area contributed by atoms with E-state index in [1.54, 1.807) is 19.5 Å². The van der Waals surface area contributed by atoms with Crippen molar-refractivity contribution in [1.29, 1.82) is 0 Å². The summed E-state index contributed by atoms with van der Waals surface area (Å²) in [5.41, 5.74) is 12.7. The molecular weight excluding hydrogens is 546 g/mol. The number of nitrogens with zero attached hydrogens (tertiary/aromatic N) is 7. The summed E-state index contributed by atoms with van der Waals surface area (Å²) >= 11 is 0. The van der Waals surface area contributed by atoms with Crippen LogP contribution in [0.25, 0.3) is 28.0 Å². The van der Waals surface area contributed by atoms with E-state index < -0.39 is 0 Å². The van der Waals surface area contributed by atoms with Crippen LogP contribution in [-0.4, -0.2) is 70.5 Å². The molecule has 2 saturated heterocycles. The van der Waals surface area contributed by atoms with Crippen molar-refractivity contribution in [2.45, 2.75) is 57.5 Å². The maximum atomic E-state index is 13.2. The number of benzene rings is 1. The Balaban J connectivity index is 1.24. The summed E-state index contributed by atoms with van der Waals surface area (Å²) in [6.45, 7) is 3.51. The lowest BCUT2D eigenvalue weighted by molar-refractivity contribution is 0.0556. The molecule has 1 aromatic carbocycles. The largest absolute Gasteiger partial charge is 0.496 e. The summed E-state index contributed by atoms with van der Waals surface area (Å²) in [6, 6.07) is 9.96. The lowest BCUT2D eigenvalue weighted by atomic mass is 9.85. The Morgan fingerprint density at radius 2 is 1.81 bits per heavy atom. The maximum absolute atomic E-state index is 13.2. The van der Waals surface area contributed by atoms with Crippen LogP contribution in [0.3, 0.4) is 0 Å². The van der Waals surface area contributed by atoms with Crippen LogP contribution in [0.4, 0.5) is 5.82 Å². The number of aromatic nitrogens is 7. The number of nitrogen functional groups attached to an aromatic ring is 1. The van der Waals surface area contributed by atoms with Gasteiger partial charge in [0.25, 0.3) is 5.91 Å². The van der Waals surface area contributed by atoms with Gasteiger partial charge in [-0.15, -0.1) is 0 Å². The molecule has 2 fully saturated rings. The first kappa shape index (κ1) is 26.7. The molecule has 2 aliphatic heterocycles. The van der Waals surface area contributed by atoms with E-state index in [0.717, 1.165) is 46.5 Å². The van der Waals surface area contributed by atoms with E-state index in [4.69, 9.17) is 20.4 Å². The molecule has 2 aliphatic rings. The average molecular weight is 578 g/mol. The van der Waals surface area contributed by atoms with E-state index in [9.17, 15) is 9.59 Å². The number of rotatable bonds is 6. The molecule has 7 rings (SSSR count). The van der Waals surface area contributed by atoms with Crippen LogP contribution < -0.4 is 10.5 Å². The Morgan fingerprint density at radius 1 is 1.05 bits per heavy atom. The number of fused-ring (bicyclic) bond motifs is 3. The van der Waals surface area contributed by atoms with Crippen molar-refractivity contribution >= 4 is 23.2 Å². The number of hydrogen-bond donors (Lipinski definition) is 2. The molecule has 4 aromatic heterocycles. The number of ether oxygens (including phenoxy) is 1. The van der Waals surface area contributed by atoms with Crippen molar-refractivity contribution in [2.24, 2.45) is 0 Å². The number of methoxy groups -OCH3 is 1. The third-order valence-electron chi connectivity index (χ3n) is 8.80. The number of aromatic amines is 1. The summed E-state index contributed by atoms with van der Waals surface area (Å²) in [6.07, 6.45) is 7.99. The van der Waals surface area contributed by atoms with Crippen LogP contribution in [0.2, 0.25) is 0 Å². The van der Waals surface area contributed by atoms with Crippen LogP contribution in [-0.2, 0) is 0 Å². The van der Waals surface area contributed by atoms with Gasteiger partial charge in [0.15, 0.2) is 11.4 Å². The SMILES string of the molecule is COc1ccc(-c2ccc(-c3cnn4c(N)c(C(C)=O)c(C5C[C@H]6CC[C@@H](C5)N6C(=O)c5ncn[nH]5)nc34)cn2)cc1C. The Morgan fingerprint density at radius 3 is 2.44 bits per heavy atom. The van der Waals surface area contributed by atoms with Crippen LogP contribution in [0.1, 0.15) is 70.8 Å². The van der Waals surface area contributed by atoms with Gasteiger partial charge in [-0.05, 0) is 69.4 Å². The molecule has 3 atom stereocenters. The molecule has 0 radical (unpaired) electrons. The lowest BCUT2D eigenvalue weighted by Gasteiger charge is -2.38. The highest BCUT2D eigenvalue weighted by molar-refractivity contribution is 6.00. The topological polar surface area (TPSA) is 157 Å². The maximum Gasteiger partial charge on any atom is 0.291 e. The van der Waals surface area contributed by atoms with Crippen molar-refractivity contribution < 1.29 is 14.3 Å². The minimum atomic E-state index is -0.160. The first-order valence-electron chi connectivity index (χ1n) is 14.3. The van der Waals surface area contributed by atoms with Crippen LogP contribution >= 0.6 is 0 Å². The molecule has 1 unspecified atom stereocenters. The molecular formula is C31H31N9O3. The molecule has 0 spiro atoms. The number of carbonyl (C=O) groups excluding carboxylic acids is 2. The summed E-state index contributed by atoms with van der Waals surface area (Å²) in [7, 11) is 1.66. The first-order chi connectivity index (χ1) is 20.8. The van der Waals surface area contributed by atoms with Gasteiger partial charge in [0.1, 0.15) is 17.9 Å². The summed E-state index contributed by atoms with van der Waals surface area (Å²) < 4.78 is 6.92. The molecule has 0 saturated carbocycles. The van der Waals surface area contributed by atoms with E-state index in [1.807, 2.05) is 42.2 Å². The Hall–Kier alpha value is -5.13. The predicted molar refractivity (Wildman–Crippen MR) is 159 cm³/mol. The fourth-order valence-electron chi connectivity index (χ4n) is 6.82. The fraction of sp³-hybridized carbons (Fsp3) is 0.323. The van der Waals surface area contributed by atoms with Gasteiger partial charge >= 0.3 is 0 Å². The zero-order valence-corrected chi connectivity index (χ0v) is 24.1. The number of hydrogen-bond acceptors (Lipinski definition) is 9. The van der Waals surface area contributed by atoms with E-state index in [1.165, 1.54) is 17.8 Å². The van der Waals surface area contributed by atoms with Crippen LogP contribution in [0.5, 0.6) is 5.75 Å². The summed E-state index contributed by atoms with van der Waals surface area (Å²) in [5.74, 6) is 1.00. The molecule has 2 bridgehead atoms. The number of Topliss-reactive ketones (excluding diaryl/α,β-unsaturated/α-hetero) is 1. The predicted octanol–water partition coefficient (Wildman–Crippen LogP) is 4.23. The molecule has 3 N–H and O–H groups in total. The molecule has 12 nitrogen and oxygen atoms in total. The Bertz CT molecular complexity index is 1850. The third kappa shape index (κ3) is 4.41. The van der Waals surface area contributed by atoms with Gasteiger partial charge in [-0.1, -0.05) is 6.07 Å². The minimum absolute atomic E-state index is 0.0168. The number of amides is 1. The monoisotopic (exact) mass is 577 g/mol. The second kappa shape index (κ2) is 10.3. The molecule has 218 valence electrons. The molecule has 43 heavy (non-hydrogen) atoms. The number of pyridine rings is 1. The molecule has 12 heteroatoms. The fourth-order valence-corrected chi connectivity index (χ4v) is 6.82. The number of nitrogens with one attached hydrogen (secondary N) is 1. The van der Waals surface area contributed by atoms with Crippen LogP contribution in [0.15, 0.2) is 49.1 Å². The lowest BCUT2D eigenvalue weighted by Crippen LogP contribution is -2.46. The second-order valence-electron chi connectivity index (χ2n) is 11.3. The highest BCUT2D eigenvalue weighted by Crippen LogP contribution is 2.45. The number of piperidine rings is 1. The average Bonchev–Trinajstić information content (AvgIpc) is 3.75. The number of ketones is 1. The van der Waals surface area contributed by atoms with E-state index >= 15 is 0 Å². The number of nitrogens with two attached hydrogens (primary N) is 1. The summed E-state index contributed by atoms with van der Waals surface area (Å²) in [4.78, 5) is 41.9. The van der Waals surface area contributed by atoms with Crippen molar-refractivity contribution in [3.63, 3.8) is 0 Å².